The molecule has 19 heavy (non-hydrogen) atoms. The molecule has 1 aliphatic carbocycles. The zero-order valence-electron chi connectivity index (χ0n) is 9.85. The quantitative estimate of drug-likeness (QED) is 0.891. The Morgan fingerprint density at radius 3 is 2.47 bits per heavy atom. The van der Waals surface area contributed by atoms with Crippen LogP contribution < -0.4 is 4.72 Å². The molecule has 2 rings (SSSR count). The van der Waals surface area contributed by atoms with Crippen LogP contribution in [-0.4, -0.2) is 25.5 Å². The molecule has 8 heteroatoms. The van der Waals surface area contributed by atoms with Crippen LogP contribution >= 0.6 is 23.2 Å². The van der Waals surface area contributed by atoms with Gasteiger partial charge in [-0.3, -0.25) is 0 Å². The molecule has 0 saturated heterocycles. The minimum atomic E-state index is -3.87. The Bertz CT molecular complexity index is 644. The molecule has 1 aromatic rings. The van der Waals surface area contributed by atoms with Crippen LogP contribution in [0, 0.1) is 5.92 Å². The monoisotopic (exact) mass is 323 g/mol. The fourth-order valence-electron chi connectivity index (χ4n) is 1.66. The molecule has 0 amide bonds. The van der Waals surface area contributed by atoms with Crippen LogP contribution in [0.25, 0.3) is 0 Å². The second-order valence-corrected chi connectivity index (χ2v) is 7.01. The van der Waals surface area contributed by atoms with Gasteiger partial charge in [0.2, 0.25) is 10.0 Å². The van der Waals surface area contributed by atoms with Crippen LogP contribution in [0.15, 0.2) is 17.0 Å². The van der Waals surface area contributed by atoms with Crippen LogP contribution in [0.2, 0.25) is 10.0 Å². The van der Waals surface area contributed by atoms with Crippen LogP contribution in [0.1, 0.15) is 23.7 Å². The summed E-state index contributed by atoms with van der Waals surface area (Å²) in [4.78, 5) is 10.7. The molecule has 0 radical (unpaired) electrons. The molecule has 1 aromatic carbocycles. The summed E-state index contributed by atoms with van der Waals surface area (Å²) in [5.74, 6) is -1.06. The molecule has 2 N–H and O–H groups in total. The first kappa shape index (κ1) is 14.6. The molecule has 1 fully saturated rings. The lowest BCUT2D eigenvalue weighted by atomic mass is 10.2. The van der Waals surface area contributed by atoms with Crippen molar-refractivity contribution in [3.8, 4) is 0 Å². The summed E-state index contributed by atoms with van der Waals surface area (Å²) < 4.78 is 26.7. The van der Waals surface area contributed by atoms with Crippen molar-refractivity contribution in [2.24, 2.45) is 5.92 Å². The van der Waals surface area contributed by atoms with Gasteiger partial charge in [-0.05, 0) is 24.5 Å². The lowest BCUT2D eigenvalue weighted by Crippen LogP contribution is -2.27. The first-order chi connectivity index (χ1) is 8.72. The van der Waals surface area contributed by atoms with E-state index in [0.717, 1.165) is 18.6 Å². The summed E-state index contributed by atoms with van der Waals surface area (Å²) in [6, 6.07) is 2.13. The molecule has 0 spiro atoms. The summed E-state index contributed by atoms with van der Waals surface area (Å²) in [5.41, 5.74) is -0.335. The van der Waals surface area contributed by atoms with Crippen molar-refractivity contribution in [1.29, 1.82) is 0 Å². The van der Waals surface area contributed by atoms with Crippen molar-refractivity contribution >= 4 is 39.2 Å². The first-order valence-corrected chi connectivity index (χ1v) is 7.71. The summed E-state index contributed by atoms with van der Waals surface area (Å²) in [6.45, 7) is 1.91. The zero-order valence-corrected chi connectivity index (χ0v) is 12.2. The molecular formula is C11H11Cl2NO4S. The molecule has 0 aromatic heterocycles. The Kier molecular flexibility index (Phi) is 3.79. The maximum absolute atomic E-state index is 12.1. The number of carboxylic acids is 1. The largest absolute Gasteiger partial charge is 0.478 e. The van der Waals surface area contributed by atoms with Crippen LogP contribution in [0.3, 0.4) is 0 Å². The predicted molar refractivity (Wildman–Crippen MR) is 71.3 cm³/mol. The number of aromatic carboxylic acids is 1. The Morgan fingerprint density at radius 1 is 1.42 bits per heavy atom. The van der Waals surface area contributed by atoms with Crippen molar-refractivity contribution in [2.75, 3.05) is 0 Å². The van der Waals surface area contributed by atoms with Crippen molar-refractivity contribution in [3.05, 3.63) is 27.7 Å². The number of hydrogen-bond acceptors (Lipinski definition) is 3. The molecule has 104 valence electrons. The van der Waals surface area contributed by atoms with Crippen LogP contribution in [0.5, 0.6) is 0 Å². The number of rotatable bonds is 4. The standard InChI is InChI=1S/C11H11Cl2NO4S/c1-5-2-8(5)14-19(17,18)9-4-6(12)3-7(10(9)13)11(15)16/h3-5,8,14H,2H2,1H3,(H,15,16). The van der Waals surface area contributed by atoms with E-state index in [-0.39, 0.29) is 32.5 Å². The number of benzene rings is 1. The summed E-state index contributed by atoms with van der Waals surface area (Å²) in [6.07, 6.45) is 0.753. The van der Waals surface area contributed by atoms with Gasteiger partial charge in [-0.15, -0.1) is 0 Å². The van der Waals surface area contributed by atoms with Crippen molar-refractivity contribution in [1.82, 2.24) is 4.72 Å². The van der Waals surface area contributed by atoms with E-state index in [1.807, 2.05) is 6.92 Å². The van der Waals surface area contributed by atoms with Crippen LogP contribution in [0.4, 0.5) is 0 Å². The van der Waals surface area contributed by atoms with Gasteiger partial charge in [0.15, 0.2) is 0 Å². The van der Waals surface area contributed by atoms with E-state index in [2.05, 4.69) is 4.72 Å². The van der Waals surface area contributed by atoms with E-state index in [1.165, 1.54) is 0 Å². The van der Waals surface area contributed by atoms with Crippen molar-refractivity contribution < 1.29 is 18.3 Å². The fourth-order valence-corrected chi connectivity index (χ4v) is 3.92. The highest BCUT2D eigenvalue weighted by atomic mass is 35.5. The second kappa shape index (κ2) is 4.94. The topological polar surface area (TPSA) is 83.5 Å². The molecule has 1 aliphatic rings. The van der Waals surface area contributed by atoms with E-state index >= 15 is 0 Å². The van der Waals surface area contributed by atoms with Crippen molar-refractivity contribution in [2.45, 2.75) is 24.3 Å². The Hall–Kier alpha value is -0.820. The molecule has 0 aliphatic heterocycles. The Morgan fingerprint density at radius 2 is 2.00 bits per heavy atom. The normalized spacial score (nSPS) is 22.3. The Labute approximate surface area is 120 Å². The second-order valence-electron chi connectivity index (χ2n) is 4.51. The van der Waals surface area contributed by atoms with Gasteiger partial charge in [0.1, 0.15) is 4.90 Å². The van der Waals surface area contributed by atoms with E-state index in [4.69, 9.17) is 28.3 Å². The molecule has 1 saturated carbocycles. The lowest BCUT2D eigenvalue weighted by molar-refractivity contribution is 0.0697. The van der Waals surface area contributed by atoms with E-state index in [0.29, 0.717) is 0 Å². The minimum Gasteiger partial charge on any atom is -0.478 e. The zero-order chi connectivity index (χ0) is 14.4. The third kappa shape index (κ3) is 3.02. The van der Waals surface area contributed by atoms with Gasteiger partial charge in [-0.1, -0.05) is 30.1 Å². The molecule has 2 atom stereocenters. The number of carbonyl (C=O) groups is 1. The maximum Gasteiger partial charge on any atom is 0.337 e. The summed E-state index contributed by atoms with van der Waals surface area (Å²) in [7, 11) is -3.87. The Balaban J connectivity index is 2.46. The number of carboxylic acid groups (broad SMARTS) is 1. The average molecular weight is 324 g/mol. The number of hydrogen-bond donors (Lipinski definition) is 2. The smallest absolute Gasteiger partial charge is 0.337 e. The van der Waals surface area contributed by atoms with Gasteiger partial charge in [0, 0.05) is 11.1 Å². The van der Waals surface area contributed by atoms with Gasteiger partial charge in [-0.2, -0.15) is 0 Å². The minimum absolute atomic E-state index is 0.00557. The fraction of sp³-hybridized carbons (Fsp3) is 0.364. The lowest BCUT2D eigenvalue weighted by Gasteiger charge is -2.10. The molecular weight excluding hydrogens is 313 g/mol. The SMILES string of the molecule is CC1CC1NS(=O)(=O)c1cc(Cl)cc(C(=O)O)c1Cl. The van der Waals surface area contributed by atoms with E-state index < -0.39 is 16.0 Å². The molecule has 5 nitrogen and oxygen atoms in total. The first-order valence-electron chi connectivity index (χ1n) is 5.47. The van der Waals surface area contributed by atoms with E-state index in [9.17, 15) is 13.2 Å². The number of sulfonamides is 1. The molecule has 2 unspecified atom stereocenters. The van der Waals surface area contributed by atoms with Gasteiger partial charge in [-0.25, -0.2) is 17.9 Å². The molecule has 0 bridgehead atoms. The van der Waals surface area contributed by atoms with Gasteiger partial charge in [0.25, 0.3) is 0 Å². The number of halogens is 2. The number of nitrogens with one attached hydrogen (secondary N) is 1. The summed E-state index contributed by atoms with van der Waals surface area (Å²) in [5, 5.41) is 8.63. The third-order valence-corrected chi connectivity index (χ3v) is 5.19. The third-order valence-electron chi connectivity index (χ3n) is 2.94. The van der Waals surface area contributed by atoms with Crippen molar-refractivity contribution in [3.63, 3.8) is 0 Å². The predicted octanol–water partition coefficient (Wildman–Crippen LogP) is 2.38. The van der Waals surface area contributed by atoms with Gasteiger partial charge < -0.3 is 5.11 Å². The highest BCUT2D eigenvalue weighted by Gasteiger charge is 2.37. The maximum atomic E-state index is 12.1. The van der Waals surface area contributed by atoms with Gasteiger partial charge in [0.05, 0.1) is 10.6 Å². The molecule has 0 heterocycles. The summed E-state index contributed by atoms with van der Waals surface area (Å²) >= 11 is 11.6. The highest BCUT2D eigenvalue weighted by molar-refractivity contribution is 7.89. The average Bonchev–Trinajstić information content (AvgIpc) is 2.95. The van der Waals surface area contributed by atoms with Crippen LogP contribution in [-0.2, 0) is 10.0 Å². The van der Waals surface area contributed by atoms with Gasteiger partial charge >= 0.3 is 5.97 Å². The highest BCUT2D eigenvalue weighted by Crippen LogP contribution is 2.34. The van der Waals surface area contributed by atoms with E-state index in [1.54, 1.807) is 0 Å².